The first-order valence-electron chi connectivity index (χ1n) is 7.59. The molecule has 1 aromatic heterocycles. The summed E-state index contributed by atoms with van der Waals surface area (Å²) in [4.78, 5) is 20.2. The molecule has 4 rings (SSSR count). The molecule has 2 aliphatic rings. The largest absolute Gasteiger partial charge is 0.454 e. The third-order valence-corrected chi connectivity index (χ3v) is 4.48. The molecule has 1 amide bonds. The van der Waals surface area contributed by atoms with E-state index in [4.69, 9.17) is 9.47 Å². The van der Waals surface area contributed by atoms with Gasteiger partial charge >= 0.3 is 0 Å². The Bertz CT molecular complexity index is 815. The second-order valence-electron chi connectivity index (χ2n) is 5.30. The molecule has 0 spiro atoms. The summed E-state index contributed by atoms with van der Waals surface area (Å²) >= 11 is 1.47. The van der Waals surface area contributed by atoms with Gasteiger partial charge in [0.1, 0.15) is 17.8 Å². The number of anilines is 1. The van der Waals surface area contributed by atoms with Crippen molar-refractivity contribution >= 4 is 23.5 Å². The highest BCUT2D eigenvalue weighted by atomic mass is 32.2. The normalized spacial score (nSPS) is 17.6. The van der Waals surface area contributed by atoms with E-state index < -0.39 is 0 Å². The van der Waals surface area contributed by atoms with Gasteiger partial charge in [0.05, 0.1) is 0 Å². The molecular formula is C16H15N5O3S. The predicted molar refractivity (Wildman–Crippen MR) is 92.7 cm³/mol. The zero-order valence-electron chi connectivity index (χ0n) is 13.1. The van der Waals surface area contributed by atoms with Crippen LogP contribution in [0.4, 0.5) is 5.82 Å². The number of thioether (sulfide) groups is 1. The lowest BCUT2D eigenvalue weighted by atomic mass is 10.2. The molecule has 3 heterocycles. The fourth-order valence-electron chi connectivity index (χ4n) is 2.37. The third-order valence-electron chi connectivity index (χ3n) is 3.60. The topological polar surface area (TPSA) is 97.4 Å². The molecule has 0 radical (unpaired) electrons. The highest BCUT2D eigenvalue weighted by Gasteiger charge is 2.21. The Kier molecular flexibility index (Phi) is 4.30. The van der Waals surface area contributed by atoms with Crippen molar-refractivity contribution in [2.24, 2.45) is 0 Å². The van der Waals surface area contributed by atoms with Crippen LogP contribution in [0, 0.1) is 0 Å². The van der Waals surface area contributed by atoms with E-state index in [1.807, 2.05) is 18.2 Å². The fourth-order valence-corrected chi connectivity index (χ4v) is 3.20. The zero-order chi connectivity index (χ0) is 17.1. The molecule has 2 aliphatic heterocycles. The molecule has 3 N–H and O–H groups in total. The predicted octanol–water partition coefficient (Wildman–Crippen LogP) is 1.39. The van der Waals surface area contributed by atoms with Crippen LogP contribution >= 0.6 is 11.8 Å². The van der Waals surface area contributed by atoms with E-state index in [9.17, 15) is 4.79 Å². The standard InChI is InChI=1S/C16H15N5O3S/c22-15(18-6-10-1-2-12-13(5-10)24-9-23-12)11-7-25-16(20-11)21-14-3-4-17-8-19-14/h1-5,7-8,16,20H,6,9H2,(H,18,22)(H,17,19,21). The van der Waals surface area contributed by atoms with E-state index in [0.29, 0.717) is 23.8 Å². The minimum Gasteiger partial charge on any atom is -0.454 e. The van der Waals surface area contributed by atoms with Crippen molar-refractivity contribution in [3.63, 3.8) is 0 Å². The van der Waals surface area contributed by atoms with Crippen molar-refractivity contribution in [3.05, 3.63) is 53.5 Å². The Hall–Kier alpha value is -2.94. The summed E-state index contributed by atoms with van der Waals surface area (Å²) < 4.78 is 10.6. The van der Waals surface area contributed by atoms with E-state index in [1.165, 1.54) is 18.1 Å². The highest BCUT2D eigenvalue weighted by Crippen LogP contribution is 2.32. The molecule has 25 heavy (non-hydrogen) atoms. The summed E-state index contributed by atoms with van der Waals surface area (Å²) in [7, 11) is 0. The number of rotatable bonds is 5. The maximum Gasteiger partial charge on any atom is 0.268 e. The first-order valence-corrected chi connectivity index (χ1v) is 8.54. The molecule has 1 atom stereocenters. The lowest BCUT2D eigenvalue weighted by molar-refractivity contribution is -0.118. The second kappa shape index (κ2) is 6.89. The second-order valence-corrected chi connectivity index (χ2v) is 6.28. The fraction of sp³-hybridized carbons (Fsp3) is 0.188. The quantitative estimate of drug-likeness (QED) is 0.739. The van der Waals surface area contributed by atoms with E-state index in [0.717, 1.165) is 11.3 Å². The summed E-state index contributed by atoms with van der Waals surface area (Å²) in [6, 6.07) is 7.38. The SMILES string of the molecule is O=C(NCc1ccc2c(c1)OCO2)C1=CSC(Nc2ccncn2)N1. The van der Waals surface area contributed by atoms with Crippen molar-refractivity contribution in [2.75, 3.05) is 12.1 Å². The van der Waals surface area contributed by atoms with E-state index in [1.54, 1.807) is 17.7 Å². The minimum absolute atomic E-state index is 0.152. The maximum absolute atomic E-state index is 12.3. The molecule has 0 aliphatic carbocycles. The van der Waals surface area contributed by atoms with Gasteiger partial charge < -0.3 is 25.4 Å². The molecule has 9 heteroatoms. The molecule has 0 saturated carbocycles. The lowest BCUT2D eigenvalue weighted by Gasteiger charge is -2.15. The van der Waals surface area contributed by atoms with Crippen LogP contribution in [-0.2, 0) is 11.3 Å². The Labute approximate surface area is 148 Å². The first kappa shape index (κ1) is 15.6. The van der Waals surface area contributed by atoms with Gasteiger partial charge in [0.2, 0.25) is 6.79 Å². The van der Waals surface area contributed by atoms with Crippen LogP contribution < -0.4 is 25.4 Å². The summed E-state index contributed by atoms with van der Waals surface area (Å²) in [5, 5.41) is 10.9. The molecule has 0 fully saturated rings. The summed E-state index contributed by atoms with van der Waals surface area (Å²) in [6.07, 6.45) is 3.12. The summed E-state index contributed by atoms with van der Waals surface area (Å²) in [6.45, 7) is 0.642. The number of fused-ring (bicyclic) bond motifs is 1. The van der Waals surface area contributed by atoms with E-state index in [-0.39, 0.29) is 18.2 Å². The first-order chi connectivity index (χ1) is 12.3. The van der Waals surface area contributed by atoms with Crippen molar-refractivity contribution < 1.29 is 14.3 Å². The lowest BCUT2D eigenvalue weighted by Crippen LogP contribution is -2.35. The number of benzene rings is 1. The number of ether oxygens (including phenoxy) is 2. The van der Waals surface area contributed by atoms with Gasteiger partial charge in [0, 0.05) is 18.1 Å². The average molecular weight is 357 g/mol. The van der Waals surface area contributed by atoms with Gasteiger partial charge in [-0.1, -0.05) is 17.8 Å². The number of hydrogen-bond donors (Lipinski definition) is 3. The molecule has 0 saturated heterocycles. The van der Waals surface area contributed by atoms with Crippen LogP contribution in [0.2, 0.25) is 0 Å². The summed E-state index contributed by atoms with van der Waals surface area (Å²) in [5.74, 6) is 1.95. The Morgan fingerprint density at radius 3 is 3.12 bits per heavy atom. The van der Waals surface area contributed by atoms with Crippen LogP contribution in [0.1, 0.15) is 5.56 Å². The monoisotopic (exact) mass is 357 g/mol. The van der Waals surface area contributed by atoms with E-state index >= 15 is 0 Å². The third kappa shape index (κ3) is 3.61. The van der Waals surface area contributed by atoms with Crippen molar-refractivity contribution in [3.8, 4) is 11.5 Å². The number of amides is 1. The van der Waals surface area contributed by atoms with Gasteiger partial charge in [0.25, 0.3) is 5.91 Å². The average Bonchev–Trinajstić information content (AvgIpc) is 3.29. The van der Waals surface area contributed by atoms with Gasteiger partial charge in [-0.15, -0.1) is 0 Å². The molecule has 2 aromatic rings. The highest BCUT2D eigenvalue weighted by molar-refractivity contribution is 8.03. The van der Waals surface area contributed by atoms with Crippen LogP contribution in [0.5, 0.6) is 11.5 Å². The van der Waals surface area contributed by atoms with Crippen LogP contribution in [-0.4, -0.2) is 28.2 Å². The van der Waals surface area contributed by atoms with Crippen LogP contribution in [0.15, 0.2) is 47.9 Å². The molecule has 128 valence electrons. The van der Waals surface area contributed by atoms with Crippen LogP contribution in [0.3, 0.4) is 0 Å². The minimum atomic E-state index is -0.169. The van der Waals surface area contributed by atoms with Crippen molar-refractivity contribution in [2.45, 2.75) is 12.0 Å². The maximum atomic E-state index is 12.3. The number of nitrogens with one attached hydrogen (secondary N) is 3. The summed E-state index contributed by atoms with van der Waals surface area (Å²) in [5.41, 5.74) is 1.30. The Morgan fingerprint density at radius 2 is 2.24 bits per heavy atom. The molecule has 8 nitrogen and oxygen atoms in total. The number of carbonyl (C=O) groups is 1. The Balaban J connectivity index is 1.29. The Morgan fingerprint density at radius 1 is 1.32 bits per heavy atom. The molecule has 1 aromatic carbocycles. The van der Waals surface area contributed by atoms with Gasteiger partial charge in [-0.25, -0.2) is 9.97 Å². The van der Waals surface area contributed by atoms with Gasteiger partial charge in [0.15, 0.2) is 17.0 Å². The van der Waals surface area contributed by atoms with Crippen molar-refractivity contribution in [1.82, 2.24) is 20.6 Å². The molecular weight excluding hydrogens is 342 g/mol. The van der Waals surface area contributed by atoms with Crippen LogP contribution in [0.25, 0.3) is 0 Å². The molecule has 1 unspecified atom stereocenters. The smallest absolute Gasteiger partial charge is 0.268 e. The number of carbonyl (C=O) groups excluding carboxylic acids is 1. The number of nitrogens with zero attached hydrogens (tertiary/aromatic N) is 2. The van der Waals surface area contributed by atoms with Gasteiger partial charge in [-0.2, -0.15) is 0 Å². The number of hydrogen-bond acceptors (Lipinski definition) is 8. The number of aromatic nitrogens is 2. The van der Waals surface area contributed by atoms with Gasteiger partial charge in [-0.3, -0.25) is 4.79 Å². The van der Waals surface area contributed by atoms with E-state index in [2.05, 4.69) is 25.9 Å². The van der Waals surface area contributed by atoms with Crippen molar-refractivity contribution in [1.29, 1.82) is 0 Å². The molecule has 0 bridgehead atoms. The zero-order valence-corrected chi connectivity index (χ0v) is 13.9. The van der Waals surface area contributed by atoms with Gasteiger partial charge in [-0.05, 0) is 23.8 Å².